The van der Waals surface area contributed by atoms with Crippen molar-refractivity contribution in [1.82, 2.24) is 5.32 Å². The van der Waals surface area contributed by atoms with Crippen LogP contribution in [0, 0.1) is 0 Å². The molecule has 0 saturated carbocycles. The maximum absolute atomic E-state index is 12.2. The molecule has 0 aliphatic heterocycles. The van der Waals surface area contributed by atoms with Gasteiger partial charge in [0.15, 0.2) is 0 Å². The predicted molar refractivity (Wildman–Crippen MR) is 166 cm³/mol. The lowest BCUT2D eigenvalue weighted by atomic mass is 9.98. The number of alkyl carbamates (subject to hydrolysis) is 1. The Morgan fingerprint density at radius 1 is 0.533 bits per heavy atom. The molecule has 2 aromatic carbocycles. The van der Waals surface area contributed by atoms with E-state index in [9.17, 15) is 9.18 Å². The summed E-state index contributed by atoms with van der Waals surface area (Å²) in [6, 6.07) is 16.5. The first-order valence-electron chi connectivity index (χ1n) is 15.6. The minimum Gasteiger partial charge on any atom is -0.449 e. The summed E-state index contributed by atoms with van der Waals surface area (Å²) in [4.78, 5) is 12.2. The Bertz CT molecular complexity index is 1000. The quantitative estimate of drug-likeness (QED) is 0.139. The molecule has 0 saturated heterocycles. The summed E-state index contributed by atoms with van der Waals surface area (Å²) in [5.41, 5.74) is 4.77. The van der Waals surface area contributed by atoms with Gasteiger partial charge < -0.3 is 47.9 Å². The molecule has 0 fully saturated rings. The molecular weight excluding hydrogens is 589 g/mol. The third kappa shape index (κ3) is 15.4. The lowest BCUT2D eigenvalue weighted by Crippen LogP contribution is -2.29. The van der Waals surface area contributed by atoms with Gasteiger partial charge in [-0.1, -0.05) is 48.5 Å². The number of amides is 1. The Labute approximate surface area is 265 Å². The third-order valence-corrected chi connectivity index (χ3v) is 6.68. The number of fused-ring (bicyclic) bond motifs is 3. The highest BCUT2D eigenvalue weighted by Crippen LogP contribution is 2.44. The average molecular weight is 638 g/mol. The van der Waals surface area contributed by atoms with Crippen LogP contribution < -0.4 is 5.32 Å². The number of hydrogen-bond acceptors (Lipinski definition) is 10. The molecule has 0 radical (unpaired) electrons. The molecule has 3 rings (SSSR count). The van der Waals surface area contributed by atoms with E-state index < -0.39 is 12.8 Å². The molecular formula is C33H48FNO10. The summed E-state index contributed by atoms with van der Waals surface area (Å²) in [6.07, 6.45) is -0.454. The fraction of sp³-hybridized carbons (Fsp3) is 0.606. The standard InChI is InChI=1S/C33H48FNO10/c34-9-11-37-13-15-39-17-19-41-21-23-43-25-26-44-24-22-42-20-18-40-16-14-38-12-10-35-33(36)45-27-32-30-7-3-1-5-28(30)29-6-2-4-8-31(29)32/h1-8,32H,9-27H2,(H,35,36). The third-order valence-electron chi connectivity index (χ3n) is 6.68. The maximum Gasteiger partial charge on any atom is 0.407 e. The van der Waals surface area contributed by atoms with Crippen molar-refractivity contribution in [3.63, 3.8) is 0 Å². The number of hydrogen-bond donors (Lipinski definition) is 1. The molecule has 1 amide bonds. The van der Waals surface area contributed by atoms with E-state index in [0.717, 1.165) is 0 Å². The number of ether oxygens (including phenoxy) is 9. The fourth-order valence-corrected chi connectivity index (χ4v) is 4.57. The molecule has 0 heterocycles. The summed E-state index contributed by atoms with van der Waals surface area (Å²) in [5.74, 6) is 0.0374. The number of alkyl halides is 1. The molecule has 0 bridgehead atoms. The second-order valence-electron chi connectivity index (χ2n) is 9.84. The van der Waals surface area contributed by atoms with E-state index in [2.05, 4.69) is 29.6 Å². The van der Waals surface area contributed by atoms with E-state index in [1.54, 1.807) is 0 Å². The Morgan fingerprint density at radius 3 is 1.29 bits per heavy atom. The Balaban J connectivity index is 1.01. The fourth-order valence-electron chi connectivity index (χ4n) is 4.57. The topological polar surface area (TPSA) is 112 Å². The molecule has 0 unspecified atom stereocenters. The lowest BCUT2D eigenvalue weighted by molar-refractivity contribution is -0.0232. The van der Waals surface area contributed by atoms with Crippen molar-refractivity contribution in [3.05, 3.63) is 59.7 Å². The molecule has 2 aromatic rings. The molecule has 252 valence electrons. The van der Waals surface area contributed by atoms with E-state index in [4.69, 9.17) is 42.6 Å². The molecule has 0 aromatic heterocycles. The van der Waals surface area contributed by atoms with Crippen molar-refractivity contribution in [2.45, 2.75) is 5.92 Å². The van der Waals surface area contributed by atoms with Crippen LogP contribution in [0.1, 0.15) is 17.0 Å². The van der Waals surface area contributed by atoms with Crippen LogP contribution in [0.2, 0.25) is 0 Å². The van der Waals surface area contributed by atoms with Gasteiger partial charge in [-0.2, -0.15) is 0 Å². The van der Waals surface area contributed by atoms with Gasteiger partial charge in [-0.05, 0) is 22.3 Å². The minimum atomic E-state index is -0.479. The highest BCUT2D eigenvalue weighted by Gasteiger charge is 2.28. The zero-order valence-corrected chi connectivity index (χ0v) is 26.1. The Kier molecular flexibility index (Phi) is 20.1. The first-order chi connectivity index (χ1) is 22.3. The molecule has 45 heavy (non-hydrogen) atoms. The van der Waals surface area contributed by atoms with Crippen molar-refractivity contribution < 1.29 is 51.8 Å². The normalized spacial score (nSPS) is 12.3. The summed E-state index contributed by atoms with van der Waals surface area (Å²) < 4.78 is 60.3. The van der Waals surface area contributed by atoms with Crippen molar-refractivity contribution in [3.8, 4) is 11.1 Å². The summed E-state index contributed by atoms with van der Waals surface area (Å²) in [6.45, 7) is 7.06. The van der Waals surface area contributed by atoms with Crippen molar-refractivity contribution in [1.29, 1.82) is 0 Å². The summed E-state index contributed by atoms with van der Waals surface area (Å²) in [5, 5.41) is 2.73. The minimum absolute atomic E-state index is 0.0374. The second kappa shape index (κ2) is 24.5. The molecule has 12 heteroatoms. The van der Waals surface area contributed by atoms with Crippen LogP contribution in [0.4, 0.5) is 9.18 Å². The molecule has 11 nitrogen and oxygen atoms in total. The summed E-state index contributed by atoms with van der Waals surface area (Å²) >= 11 is 0. The molecule has 1 aliphatic carbocycles. The van der Waals surface area contributed by atoms with Crippen LogP contribution in [0.5, 0.6) is 0 Å². The van der Waals surface area contributed by atoms with Gasteiger partial charge in [0.2, 0.25) is 0 Å². The first-order valence-corrected chi connectivity index (χ1v) is 15.6. The molecule has 1 N–H and O–H groups in total. The molecule has 0 spiro atoms. The first kappa shape index (κ1) is 36.8. The number of benzene rings is 2. The predicted octanol–water partition coefficient (Wildman–Crippen LogP) is 3.63. The van der Waals surface area contributed by atoms with E-state index >= 15 is 0 Å². The smallest absolute Gasteiger partial charge is 0.407 e. The highest BCUT2D eigenvalue weighted by molar-refractivity contribution is 5.79. The number of nitrogens with one attached hydrogen (secondary N) is 1. The van der Waals surface area contributed by atoms with Gasteiger partial charge in [0.05, 0.1) is 106 Å². The van der Waals surface area contributed by atoms with Gasteiger partial charge in [0.25, 0.3) is 0 Å². The average Bonchev–Trinajstić information content (AvgIpc) is 3.39. The lowest BCUT2D eigenvalue weighted by Gasteiger charge is -2.14. The largest absolute Gasteiger partial charge is 0.449 e. The van der Waals surface area contributed by atoms with Crippen molar-refractivity contribution in [2.75, 3.05) is 126 Å². The maximum atomic E-state index is 12.2. The zero-order valence-electron chi connectivity index (χ0n) is 26.1. The van der Waals surface area contributed by atoms with E-state index in [1.807, 2.05) is 24.3 Å². The number of rotatable bonds is 28. The highest BCUT2D eigenvalue weighted by atomic mass is 19.1. The van der Waals surface area contributed by atoms with Gasteiger partial charge in [-0.15, -0.1) is 0 Å². The van der Waals surface area contributed by atoms with Gasteiger partial charge in [-0.3, -0.25) is 0 Å². The number of halogens is 1. The van der Waals surface area contributed by atoms with E-state index in [0.29, 0.717) is 106 Å². The van der Waals surface area contributed by atoms with Crippen molar-refractivity contribution >= 4 is 6.09 Å². The summed E-state index contributed by atoms with van der Waals surface area (Å²) in [7, 11) is 0. The molecule has 1 aliphatic rings. The van der Waals surface area contributed by atoms with Gasteiger partial charge >= 0.3 is 6.09 Å². The zero-order chi connectivity index (χ0) is 31.6. The Morgan fingerprint density at radius 2 is 0.889 bits per heavy atom. The van der Waals surface area contributed by atoms with Gasteiger partial charge in [0, 0.05) is 12.5 Å². The van der Waals surface area contributed by atoms with Crippen LogP contribution in [-0.2, 0) is 42.6 Å². The van der Waals surface area contributed by atoms with Crippen LogP contribution in [0.15, 0.2) is 48.5 Å². The molecule has 0 atom stereocenters. The van der Waals surface area contributed by atoms with Crippen LogP contribution in [-0.4, -0.2) is 132 Å². The van der Waals surface area contributed by atoms with Crippen LogP contribution in [0.3, 0.4) is 0 Å². The second-order valence-corrected chi connectivity index (χ2v) is 9.84. The van der Waals surface area contributed by atoms with Gasteiger partial charge in [-0.25, -0.2) is 9.18 Å². The Hall–Kier alpha value is -2.68. The van der Waals surface area contributed by atoms with Crippen molar-refractivity contribution in [2.24, 2.45) is 0 Å². The SMILES string of the molecule is O=C(NCCOCCOCCOCCOCCOCCOCCOCCOCCF)OCC1c2ccccc2-c2ccccc21. The van der Waals surface area contributed by atoms with Crippen LogP contribution >= 0.6 is 0 Å². The van der Waals surface area contributed by atoms with E-state index in [1.165, 1.54) is 22.3 Å². The number of carbonyl (C=O) groups is 1. The number of carbonyl (C=O) groups excluding carboxylic acids is 1. The van der Waals surface area contributed by atoms with E-state index in [-0.39, 0.29) is 19.1 Å². The van der Waals surface area contributed by atoms with Gasteiger partial charge in [0.1, 0.15) is 13.3 Å². The monoisotopic (exact) mass is 637 g/mol. The van der Waals surface area contributed by atoms with Crippen LogP contribution in [0.25, 0.3) is 11.1 Å².